The lowest BCUT2D eigenvalue weighted by atomic mass is 10.2. The van der Waals surface area contributed by atoms with Crippen LogP contribution in [-0.2, 0) is 19.1 Å². The number of hydrogen-bond acceptors (Lipinski definition) is 6. The number of ether oxygens (including phenoxy) is 1. The van der Waals surface area contributed by atoms with Crippen molar-refractivity contribution < 1.29 is 23.9 Å². The zero-order valence-electron chi connectivity index (χ0n) is 14.4. The lowest BCUT2D eigenvalue weighted by Crippen LogP contribution is -2.29. The van der Waals surface area contributed by atoms with Crippen molar-refractivity contribution in [2.75, 3.05) is 16.8 Å². The first kappa shape index (κ1) is 18.5. The molecule has 3 amide bonds. The first-order valence-electron chi connectivity index (χ1n) is 8.11. The zero-order chi connectivity index (χ0) is 20.1. The fourth-order valence-corrected chi connectivity index (χ4v) is 2.47. The number of nitrogens with zero attached hydrogens (tertiary/aromatic N) is 2. The van der Waals surface area contributed by atoms with E-state index in [0.717, 1.165) is 17.1 Å². The van der Waals surface area contributed by atoms with Gasteiger partial charge in [-0.2, -0.15) is 5.26 Å². The molecule has 0 saturated carbocycles. The van der Waals surface area contributed by atoms with E-state index in [9.17, 15) is 19.2 Å². The maximum Gasteiger partial charge on any atom is 0.338 e. The maximum absolute atomic E-state index is 12.2. The van der Waals surface area contributed by atoms with Gasteiger partial charge < -0.3 is 10.1 Å². The minimum atomic E-state index is -0.774. The second-order valence-corrected chi connectivity index (χ2v) is 5.71. The van der Waals surface area contributed by atoms with Crippen molar-refractivity contribution in [2.45, 2.75) is 0 Å². The normalized spacial score (nSPS) is 12.6. The van der Waals surface area contributed by atoms with Gasteiger partial charge in [-0.1, -0.05) is 6.07 Å². The first-order valence-corrected chi connectivity index (χ1v) is 8.11. The van der Waals surface area contributed by atoms with Gasteiger partial charge in [0.2, 0.25) is 0 Å². The van der Waals surface area contributed by atoms with Gasteiger partial charge in [0.05, 0.1) is 22.9 Å². The minimum Gasteiger partial charge on any atom is -0.452 e. The first-order chi connectivity index (χ1) is 13.5. The van der Waals surface area contributed by atoms with Gasteiger partial charge in [0.1, 0.15) is 0 Å². The van der Waals surface area contributed by atoms with Gasteiger partial charge in [-0.3, -0.25) is 14.4 Å². The highest BCUT2D eigenvalue weighted by Crippen LogP contribution is 2.20. The van der Waals surface area contributed by atoms with Crippen LogP contribution in [0.5, 0.6) is 0 Å². The number of benzene rings is 2. The van der Waals surface area contributed by atoms with E-state index in [-0.39, 0.29) is 11.3 Å². The summed E-state index contributed by atoms with van der Waals surface area (Å²) >= 11 is 0. The fourth-order valence-electron chi connectivity index (χ4n) is 2.47. The Kier molecular flexibility index (Phi) is 5.28. The van der Waals surface area contributed by atoms with Crippen LogP contribution < -0.4 is 10.2 Å². The number of anilines is 2. The van der Waals surface area contributed by atoms with Crippen molar-refractivity contribution in [1.82, 2.24) is 0 Å². The van der Waals surface area contributed by atoms with Gasteiger partial charge in [-0.05, 0) is 42.5 Å². The summed E-state index contributed by atoms with van der Waals surface area (Å²) in [6, 6.07) is 14.0. The third kappa shape index (κ3) is 4.11. The summed E-state index contributed by atoms with van der Waals surface area (Å²) in [5.74, 6) is -2.33. The van der Waals surface area contributed by atoms with E-state index in [1.54, 1.807) is 24.3 Å². The Labute approximate surface area is 159 Å². The zero-order valence-corrected chi connectivity index (χ0v) is 14.4. The summed E-state index contributed by atoms with van der Waals surface area (Å²) in [5, 5.41) is 11.3. The highest BCUT2D eigenvalue weighted by Gasteiger charge is 2.25. The van der Waals surface area contributed by atoms with Crippen LogP contribution in [0.4, 0.5) is 11.4 Å². The molecule has 28 heavy (non-hydrogen) atoms. The number of carbonyl (C=O) groups excluding carboxylic acids is 4. The van der Waals surface area contributed by atoms with E-state index in [0.29, 0.717) is 11.3 Å². The summed E-state index contributed by atoms with van der Waals surface area (Å²) in [6.07, 6.45) is 2.28. The second kappa shape index (κ2) is 7.97. The Morgan fingerprint density at radius 2 is 1.71 bits per heavy atom. The summed E-state index contributed by atoms with van der Waals surface area (Å²) in [4.78, 5) is 48.5. The monoisotopic (exact) mass is 375 g/mol. The summed E-state index contributed by atoms with van der Waals surface area (Å²) in [5.41, 5.74) is 1.24. The molecule has 1 aliphatic rings. The van der Waals surface area contributed by atoms with E-state index in [1.807, 2.05) is 6.07 Å². The molecule has 0 unspecified atom stereocenters. The predicted octanol–water partition coefficient (Wildman–Crippen LogP) is 1.78. The van der Waals surface area contributed by atoms with Crippen LogP contribution in [0.15, 0.2) is 60.7 Å². The minimum absolute atomic E-state index is 0.0937. The standard InChI is InChI=1S/C20H13N3O5/c21-11-13-4-6-15(7-5-13)22-17(24)12-28-20(27)14-2-1-3-16(10-14)23-18(25)8-9-19(23)26/h1-10H,12H2,(H,22,24). The van der Waals surface area contributed by atoms with E-state index < -0.39 is 30.3 Å². The molecule has 8 heteroatoms. The lowest BCUT2D eigenvalue weighted by Gasteiger charge is -2.14. The molecule has 0 saturated heterocycles. The van der Waals surface area contributed by atoms with E-state index >= 15 is 0 Å². The van der Waals surface area contributed by atoms with Crippen LogP contribution in [-0.4, -0.2) is 30.3 Å². The van der Waals surface area contributed by atoms with Crippen LogP contribution in [0, 0.1) is 11.3 Å². The average Bonchev–Trinajstić information content (AvgIpc) is 3.05. The fraction of sp³-hybridized carbons (Fsp3) is 0.0500. The Bertz CT molecular complexity index is 1020. The molecule has 0 aromatic heterocycles. The van der Waals surface area contributed by atoms with Crippen LogP contribution in [0.1, 0.15) is 15.9 Å². The number of rotatable bonds is 5. The molecule has 0 radical (unpaired) electrons. The van der Waals surface area contributed by atoms with E-state index in [1.165, 1.54) is 24.3 Å². The van der Waals surface area contributed by atoms with E-state index in [2.05, 4.69) is 5.32 Å². The van der Waals surface area contributed by atoms with Gasteiger partial charge in [-0.25, -0.2) is 9.69 Å². The average molecular weight is 375 g/mol. The van der Waals surface area contributed by atoms with Crippen molar-refractivity contribution in [3.8, 4) is 6.07 Å². The van der Waals surface area contributed by atoms with Crippen LogP contribution in [0.3, 0.4) is 0 Å². The van der Waals surface area contributed by atoms with Crippen molar-refractivity contribution in [3.05, 3.63) is 71.8 Å². The molecule has 1 N–H and O–H groups in total. The smallest absolute Gasteiger partial charge is 0.338 e. The lowest BCUT2D eigenvalue weighted by molar-refractivity contribution is -0.120. The third-order valence-corrected chi connectivity index (χ3v) is 3.78. The van der Waals surface area contributed by atoms with E-state index in [4.69, 9.17) is 10.00 Å². The van der Waals surface area contributed by atoms with Gasteiger partial charge in [0.15, 0.2) is 6.61 Å². The Morgan fingerprint density at radius 3 is 2.36 bits per heavy atom. The van der Waals surface area contributed by atoms with Crippen LogP contribution >= 0.6 is 0 Å². The number of nitrogens with one attached hydrogen (secondary N) is 1. The quantitative estimate of drug-likeness (QED) is 0.629. The van der Waals surface area contributed by atoms with Gasteiger partial charge >= 0.3 is 5.97 Å². The second-order valence-electron chi connectivity index (χ2n) is 5.71. The van der Waals surface area contributed by atoms with Gasteiger partial charge in [0, 0.05) is 17.8 Å². The third-order valence-electron chi connectivity index (χ3n) is 3.78. The molecule has 8 nitrogen and oxygen atoms in total. The molecule has 2 aromatic carbocycles. The summed E-state index contributed by atoms with van der Waals surface area (Å²) < 4.78 is 4.97. The number of esters is 1. The van der Waals surface area contributed by atoms with Crippen LogP contribution in [0.25, 0.3) is 0 Å². The Hall–Kier alpha value is -4.25. The van der Waals surface area contributed by atoms with Gasteiger partial charge in [-0.15, -0.1) is 0 Å². The molecule has 1 aliphatic heterocycles. The highest BCUT2D eigenvalue weighted by atomic mass is 16.5. The highest BCUT2D eigenvalue weighted by molar-refractivity contribution is 6.28. The van der Waals surface area contributed by atoms with Crippen molar-refractivity contribution in [1.29, 1.82) is 5.26 Å². The van der Waals surface area contributed by atoms with Crippen molar-refractivity contribution in [3.63, 3.8) is 0 Å². The predicted molar refractivity (Wildman–Crippen MR) is 98.1 cm³/mol. The summed E-state index contributed by atoms with van der Waals surface area (Å²) in [6.45, 7) is -0.522. The number of imide groups is 1. The SMILES string of the molecule is N#Cc1ccc(NC(=O)COC(=O)c2cccc(N3C(=O)C=CC3=O)c2)cc1. The van der Waals surface area contributed by atoms with Gasteiger partial charge in [0.25, 0.3) is 17.7 Å². The number of hydrogen-bond donors (Lipinski definition) is 1. The molecule has 0 fully saturated rings. The van der Waals surface area contributed by atoms with Crippen molar-refractivity contribution in [2.24, 2.45) is 0 Å². The molecule has 0 spiro atoms. The molecular weight excluding hydrogens is 362 g/mol. The molecule has 0 aliphatic carbocycles. The topological polar surface area (TPSA) is 117 Å². The number of amides is 3. The Balaban J connectivity index is 1.59. The maximum atomic E-state index is 12.2. The molecule has 1 heterocycles. The summed E-state index contributed by atoms with van der Waals surface area (Å²) in [7, 11) is 0. The molecule has 0 atom stereocenters. The number of nitriles is 1. The van der Waals surface area contributed by atoms with Crippen LogP contribution in [0.2, 0.25) is 0 Å². The number of carbonyl (C=O) groups is 4. The molecule has 3 rings (SSSR count). The molecule has 2 aromatic rings. The molecular formula is C20H13N3O5. The molecule has 138 valence electrons. The largest absolute Gasteiger partial charge is 0.452 e. The Morgan fingerprint density at radius 1 is 1.04 bits per heavy atom. The molecule has 0 bridgehead atoms. The van der Waals surface area contributed by atoms with Crippen molar-refractivity contribution >= 4 is 35.1 Å².